The molecule has 134 valence electrons. The van der Waals surface area contributed by atoms with Crippen molar-refractivity contribution in [2.24, 2.45) is 5.41 Å². The van der Waals surface area contributed by atoms with Crippen molar-refractivity contribution in [3.63, 3.8) is 0 Å². The molecule has 0 saturated heterocycles. The summed E-state index contributed by atoms with van der Waals surface area (Å²) in [5, 5.41) is 0. The Morgan fingerprint density at radius 1 is 1.04 bits per heavy atom. The van der Waals surface area contributed by atoms with E-state index in [1.54, 1.807) is 16.7 Å². The summed E-state index contributed by atoms with van der Waals surface area (Å²) in [5.74, 6) is 0. The summed E-state index contributed by atoms with van der Waals surface area (Å²) in [7, 11) is 0. The van der Waals surface area contributed by atoms with Crippen LogP contribution in [-0.4, -0.2) is 5.43 Å². The van der Waals surface area contributed by atoms with E-state index in [1.165, 1.54) is 12.0 Å². The maximum absolute atomic E-state index is 2.61. The number of benzene rings is 1. The third kappa shape index (κ3) is 4.70. The smallest absolute Gasteiger partial charge is 1.00 e. The van der Waals surface area contributed by atoms with Gasteiger partial charge in [-0.1, -0.05) is 0 Å². The van der Waals surface area contributed by atoms with Crippen LogP contribution in [0.5, 0.6) is 0 Å². The first-order chi connectivity index (χ1) is 10.8. The van der Waals surface area contributed by atoms with Crippen molar-refractivity contribution in [2.75, 3.05) is 0 Å². The van der Waals surface area contributed by atoms with Crippen LogP contribution in [0, 0.1) is 5.41 Å². The number of halogens is 2. The molecule has 0 spiro atoms. The predicted octanol–water partition coefficient (Wildman–Crippen LogP) is 0.282. The van der Waals surface area contributed by atoms with Crippen LogP contribution >= 0.6 is 0 Å². The molecule has 0 heterocycles. The van der Waals surface area contributed by atoms with E-state index >= 15 is 0 Å². The predicted molar refractivity (Wildman–Crippen MR) is 101 cm³/mol. The number of rotatable bonds is 2. The van der Waals surface area contributed by atoms with Gasteiger partial charge in [-0.2, -0.15) is 0 Å². The Bertz CT molecular complexity index is 775. The molecule has 25 heavy (non-hydrogen) atoms. The normalized spacial score (nSPS) is 18.0. The maximum Gasteiger partial charge on any atom is -1.00 e. The molecule has 2 aliphatic rings. The number of fused-ring (bicyclic) bond motifs is 1. The molecule has 0 saturated carbocycles. The van der Waals surface area contributed by atoms with Gasteiger partial charge in [-0.25, -0.2) is 0 Å². The Morgan fingerprint density at radius 2 is 1.68 bits per heavy atom. The molecular weight excluding hydrogens is 442 g/mol. The van der Waals surface area contributed by atoms with E-state index in [0.717, 1.165) is 3.63 Å². The van der Waals surface area contributed by atoms with Gasteiger partial charge in [-0.05, 0) is 0 Å². The fraction of sp³-hybridized carbons (Fsp3) is 0.429. The summed E-state index contributed by atoms with van der Waals surface area (Å²) in [4.78, 5) is 0. The zero-order chi connectivity index (χ0) is 16.8. The summed E-state index contributed by atoms with van der Waals surface area (Å²) >= 11 is -1.67. The van der Waals surface area contributed by atoms with Crippen molar-refractivity contribution < 1.29 is 45.2 Å². The Balaban J connectivity index is 0.00000156. The molecule has 0 bridgehead atoms. The van der Waals surface area contributed by atoms with Gasteiger partial charge in [-0.3, -0.25) is 0 Å². The van der Waals surface area contributed by atoms with Gasteiger partial charge in [-0.15, -0.1) is 0 Å². The van der Waals surface area contributed by atoms with Crippen molar-refractivity contribution in [1.29, 1.82) is 0 Å². The van der Waals surface area contributed by atoms with Crippen LogP contribution in [0.25, 0.3) is 6.08 Å². The first-order valence-corrected chi connectivity index (χ1v) is 17.5. The Morgan fingerprint density at radius 3 is 2.24 bits per heavy atom. The zero-order valence-electron chi connectivity index (χ0n) is 16.1. The monoisotopic (exact) mass is 468 g/mol. The Kier molecular flexibility index (Phi) is 8.22. The topological polar surface area (TPSA) is 0 Å². The molecule has 4 heteroatoms. The quantitative estimate of drug-likeness (QED) is 0.545. The van der Waals surface area contributed by atoms with Gasteiger partial charge in [0.15, 0.2) is 0 Å². The first kappa shape index (κ1) is 23.2. The fourth-order valence-electron chi connectivity index (χ4n) is 3.89. The first-order valence-electron chi connectivity index (χ1n) is 8.65. The van der Waals surface area contributed by atoms with Crippen LogP contribution in [0.1, 0.15) is 48.9 Å². The summed E-state index contributed by atoms with van der Waals surface area (Å²) in [5.41, 5.74) is 6.39. The number of hydrogen-bond acceptors (Lipinski definition) is 0. The van der Waals surface area contributed by atoms with E-state index in [-0.39, 0.29) is 30.2 Å². The van der Waals surface area contributed by atoms with E-state index in [0.29, 0.717) is 5.41 Å². The van der Waals surface area contributed by atoms with Crippen LogP contribution in [0.15, 0.2) is 50.8 Å². The van der Waals surface area contributed by atoms with Gasteiger partial charge < -0.3 is 24.8 Å². The number of allylic oxidation sites excluding steroid dienone is 5. The van der Waals surface area contributed by atoms with Gasteiger partial charge >= 0.3 is 150 Å². The van der Waals surface area contributed by atoms with Crippen molar-refractivity contribution in [2.45, 2.75) is 50.8 Å². The molecule has 1 aromatic carbocycles. The Labute approximate surface area is 173 Å². The van der Waals surface area contributed by atoms with Crippen molar-refractivity contribution in [3.8, 4) is 0 Å². The van der Waals surface area contributed by atoms with Gasteiger partial charge in [0, 0.05) is 0 Å². The van der Waals surface area contributed by atoms with Crippen molar-refractivity contribution in [1.82, 2.24) is 0 Å². The molecule has 0 aliphatic heterocycles. The number of hydrogen-bond donors (Lipinski definition) is 0. The SMILES string of the molecule is CC1=Cc2ccccc2[CH]1[Zr+2]([C]1=CC(C(C)(C)C)=CC1)=[Si](C)C.[Cl-].[Cl-]. The molecule has 2 aliphatic carbocycles. The van der Waals surface area contributed by atoms with Crippen molar-refractivity contribution in [3.05, 3.63) is 62.0 Å². The third-order valence-corrected chi connectivity index (χ3v) is 23.5. The molecular formula is C21H28Cl2SiZr. The average molecular weight is 471 g/mol. The zero-order valence-corrected chi connectivity index (χ0v) is 21.1. The molecule has 0 nitrogen and oxygen atoms in total. The molecule has 1 unspecified atom stereocenters. The minimum atomic E-state index is -1.67. The minimum absolute atomic E-state index is 0. The van der Waals surface area contributed by atoms with E-state index in [1.807, 2.05) is 3.28 Å². The van der Waals surface area contributed by atoms with Crippen LogP contribution in [0.3, 0.4) is 0 Å². The van der Waals surface area contributed by atoms with Gasteiger partial charge in [0.05, 0.1) is 0 Å². The molecule has 0 amide bonds. The summed E-state index contributed by atoms with van der Waals surface area (Å²) in [6.45, 7) is 14.6. The summed E-state index contributed by atoms with van der Waals surface area (Å²) < 4.78 is 2.65. The second kappa shape index (κ2) is 8.87. The molecule has 3 rings (SSSR count). The second-order valence-corrected chi connectivity index (χ2v) is 25.7. The summed E-state index contributed by atoms with van der Waals surface area (Å²) in [6, 6.07) is 9.12. The summed E-state index contributed by atoms with van der Waals surface area (Å²) in [6.07, 6.45) is 8.82. The Hall–Kier alpha value is 0.120. The van der Waals surface area contributed by atoms with Crippen LogP contribution in [0.4, 0.5) is 0 Å². The van der Waals surface area contributed by atoms with E-state index in [2.05, 4.69) is 83.3 Å². The average Bonchev–Trinajstić information content (AvgIpc) is 3.05. The molecule has 0 fully saturated rings. The molecule has 0 N–H and O–H groups in total. The van der Waals surface area contributed by atoms with Gasteiger partial charge in [0.1, 0.15) is 0 Å². The van der Waals surface area contributed by atoms with E-state index in [4.69, 9.17) is 0 Å². The van der Waals surface area contributed by atoms with Gasteiger partial charge in [0.2, 0.25) is 0 Å². The fourth-order valence-corrected chi connectivity index (χ4v) is 22.6. The van der Waals surface area contributed by atoms with Crippen molar-refractivity contribution >= 4 is 11.5 Å². The van der Waals surface area contributed by atoms with E-state index in [9.17, 15) is 0 Å². The molecule has 0 radical (unpaired) electrons. The standard InChI is InChI=1S/C10H9.C9H13.C2H6Si.2ClH.Zr/c1-8-6-9-4-2-3-5-10(9)7-8;1-9(2,3)8-6-4-5-7-8;1-3-2;;;/h2-7H,1H3;6-7H,4H2,1-3H3;1-2H3;2*1H;/q;;;;;+2/p-2. The van der Waals surface area contributed by atoms with Crippen LogP contribution < -0.4 is 24.8 Å². The van der Waals surface area contributed by atoms with Gasteiger partial charge in [0.25, 0.3) is 0 Å². The van der Waals surface area contributed by atoms with E-state index < -0.39 is 20.4 Å². The minimum Gasteiger partial charge on any atom is -1.00 e. The third-order valence-electron chi connectivity index (χ3n) is 5.06. The molecule has 0 aromatic heterocycles. The molecule has 1 aromatic rings. The van der Waals surface area contributed by atoms with Crippen LogP contribution in [0.2, 0.25) is 13.1 Å². The molecule has 1 atom stereocenters. The van der Waals surface area contributed by atoms with Crippen LogP contribution in [-0.2, 0) is 20.4 Å². The largest absolute Gasteiger partial charge is 1.00 e. The maximum atomic E-state index is 2.61. The second-order valence-electron chi connectivity index (χ2n) is 8.15.